The van der Waals surface area contributed by atoms with Crippen LogP contribution in [-0.4, -0.2) is 74.8 Å². The van der Waals surface area contributed by atoms with Gasteiger partial charge in [0.05, 0.1) is 11.5 Å². The minimum atomic E-state index is -0.391. The first kappa shape index (κ1) is 25.7. The number of hydrogen-bond acceptors (Lipinski definition) is 7. The summed E-state index contributed by atoms with van der Waals surface area (Å²) >= 11 is 0. The molecule has 1 aliphatic heterocycles. The molecule has 4 aromatic rings. The Balaban J connectivity index is 1.25. The number of likely N-dealkylation sites (N-methyl/N-ethyl adjacent to an activating group) is 1. The lowest BCUT2D eigenvalue weighted by atomic mass is 9.90. The Morgan fingerprint density at radius 2 is 1.69 bits per heavy atom. The SMILES string of the molecule is CN(C)[C@@H]1CN(C2CCC(n3cc(-c4ccc(Oc5ccccc5)cc4F)c4c(N)ncnc43)CC2)C[C@H]1O. The maximum absolute atomic E-state index is 15.5. The number of likely N-dealkylation sites (tertiary alicyclic amines) is 1. The molecule has 0 amide bonds. The second kappa shape index (κ2) is 10.6. The number of para-hydroxylation sites is 1. The van der Waals surface area contributed by atoms with Gasteiger partial charge in [-0.1, -0.05) is 18.2 Å². The van der Waals surface area contributed by atoms with Crippen LogP contribution in [0.25, 0.3) is 22.2 Å². The first-order chi connectivity index (χ1) is 18.9. The summed E-state index contributed by atoms with van der Waals surface area (Å²) in [6.07, 6.45) is 7.17. The number of nitrogens with two attached hydrogens (primary N) is 1. The zero-order valence-electron chi connectivity index (χ0n) is 22.4. The molecule has 2 aromatic heterocycles. The summed E-state index contributed by atoms with van der Waals surface area (Å²) in [5.74, 6) is 1.03. The van der Waals surface area contributed by atoms with Crippen LogP contribution in [-0.2, 0) is 0 Å². The number of aliphatic hydroxyl groups is 1. The fourth-order valence-corrected chi connectivity index (χ4v) is 6.30. The van der Waals surface area contributed by atoms with Gasteiger partial charge in [0.15, 0.2) is 0 Å². The molecule has 9 heteroatoms. The zero-order valence-corrected chi connectivity index (χ0v) is 22.4. The number of hydrogen-bond donors (Lipinski definition) is 2. The number of anilines is 1. The maximum Gasteiger partial charge on any atom is 0.146 e. The highest BCUT2D eigenvalue weighted by Crippen LogP contribution is 2.40. The Morgan fingerprint density at radius 1 is 0.949 bits per heavy atom. The molecule has 1 saturated carbocycles. The first-order valence-electron chi connectivity index (χ1n) is 13.6. The van der Waals surface area contributed by atoms with Crippen LogP contribution >= 0.6 is 0 Å². The molecule has 2 fully saturated rings. The molecule has 39 heavy (non-hydrogen) atoms. The van der Waals surface area contributed by atoms with Gasteiger partial charge in [0.1, 0.15) is 35.1 Å². The van der Waals surface area contributed by atoms with Crippen LogP contribution in [0, 0.1) is 5.82 Å². The van der Waals surface area contributed by atoms with Crippen LogP contribution in [0.5, 0.6) is 11.5 Å². The summed E-state index contributed by atoms with van der Waals surface area (Å²) in [7, 11) is 4.06. The third-order valence-electron chi connectivity index (χ3n) is 8.37. The third kappa shape index (κ3) is 4.97. The van der Waals surface area contributed by atoms with E-state index in [0.29, 0.717) is 39.9 Å². The van der Waals surface area contributed by atoms with Crippen LogP contribution in [0.3, 0.4) is 0 Å². The average molecular weight is 531 g/mol. The second-order valence-electron chi connectivity index (χ2n) is 11.0. The minimum Gasteiger partial charge on any atom is -0.457 e. The number of fused-ring (bicyclic) bond motifs is 1. The predicted octanol–water partition coefficient (Wildman–Crippen LogP) is 4.70. The number of benzene rings is 2. The van der Waals surface area contributed by atoms with Gasteiger partial charge >= 0.3 is 0 Å². The van der Waals surface area contributed by atoms with E-state index in [1.54, 1.807) is 12.1 Å². The smallest absolute Gasteiger partial charge is 0.146 e. The molecule has 3 N–H and O–H groups in total. The lowest BCUT2D eigenvalue weighted by Crippen LogP contribution is -2.40. The van der Waals surface area contributed by atoms with E-state index >= 15 is 4.39 Å². The molecule has 204 valence electrons. The summed E-state index contributed by atoms with van der Waals surface area (Å²) < 4.78 is 23.5. The van der Waals surface area contributed by atoms with E-state index in [1.165, 1.54) is 12.4 Å². The van der Waals surface area contributed by atoms with Crippen molar-refractivity contribution in [3.63, 3.8) is 0 Å². The molecular formula is C30H35FN6O2. The number of aliphatic hydroxyl groups excluding tert-OH is 1. The van der Waals surface area contributed by atoms with Crippen molar-refractivity contribution in [2.24, 2.45) is 0 Å². The normalized spacial score (nSPS) is 24.0. The van der Waals surface area contributed by atoms with Gasteiger partial charge in [-0.15, -0.1) is 0 Å². The Labute approximate surface area is 227 Å². The first-order valence-corrected chi connectivity index (χ1v) is 13.6. The molecule has 3 heterocycles. The van der Waals surface area contributed by atoms with Crippen molar-refractivity contribution < 1.29 is 14.2 Å². The molecule has 6 rings (SSSR count). The van der Waals surface area contributed by atoms with Gasteiger partial charge in [0.25, 0.3) is 0 Å². The highest BCUT2D eigenvalue weighted by molar-refractivity contribution is 6.00. The lowest BCUT2D eigenvalue weighted by molar-refractivity contribution is 0.108. The zero-order chi connectivity index (χ0) is 27.1. The van der Waals surface area contributed by atoms with Crippen LogP contribution in [0.2, 0.25) is 0 Å². The van der Waals surface area contributed by atoms with Gasteiger partial charge in [-0.3, -0.25) is 4.90 Å². The van der Waals surface area contributed by atoms with Gasteiger partial charge in [-0.2, -0.15) is 0 Å². The van der Waals surface area contributed by atoms with Gasteiger partial charge in [-0.05, 0) is 64.0 Å². The highest BCUT2D eigenvalue weighted by Gasteiger charge is 2.38. The van der Waals surface area contributed by atoms with Crippen molar-refractivity contribution >= 4 is 16.9 Å². The number of halogens is 1. The number of nitrogen functional groups attached to an aromatic ring is 1. The molecular weight excluding hydrogens is 495 g/mol. The quantitative estimate of drug-likeness (QED) is 0.373. The summed E-state index contributed by atoms with van der Waals surface area (Å²) in [6, 6.07) is 15.1. The van der Waals surface area contributed by atoms with E-state index in [9.17, 15) is 5.11 Å². The fraction of sp³-hybridized carbons (Fsp3) is 0.400. The number of aromatic nitrogens is 3. The van der Waals surface area contributed by atoms with Gasteiger partial charge in [-0.25, -0.2) is 14.4 Å². The third-order valence-corrected chi connectivity index (χ3v) is 8.37. The molecule has 1 saturated heterocycles. The minimum absolute atomic E-state index is 0.178. The van der Waals surface area contributed by atoms with Crippen LogP contribution < -0.4 is 10.5 Å². The van der Waals surface area contributed by atoms with Crippen LogP contribution in [0.15, 0.2) is 61.1 Å². The number of nitrogens with zero attached hydrogens (tertiary/aromatic N) is 5. The molecule has 0 radical (unpaired) electrons. The van der Waals surface area contributed by atoms with Crippen molar-refractivity contribution in [3.8, 4) is 22.6 Å². The Morgan fingerprint density at radius 3 is 2.38 bits per heavy atom. The molecule has 0 spiro atoms. The molecule has 2 atom stereocenters. The molecule has 1 aliphatic carbocycles. The Kier molecular flexibility index (Phi) is 6.97. The van der Waals surface area contributed by atoms with E-state index in [-0.39, 0.29) is 18.2 Å². The Hall–Kier alpha value is -3.53. The predicted molar refractivity (Wildman–Crippen MR) is 150 cm³/mol. The van der Waals surface area contributed by atoms with Crippen molar-refractivity contribution in [1.82, 2.24) is 24.3 Å². The van der Waals surface area contributed by atoms with E-state index in [1.807, 2.05) is 50.6 Å². The largest absolute Gasteiger partial charge is 0.457 e. The van der Waals surface area contributed by atoms with E-state index in [0.717, 1.165) is 44.4 Å². The highest BCUT2D eigenvalue weighted by atomic mass is 19.1. The summed E-state index contributed by atoms with van der Waals surface area (Å²) in [6.45, 7) is 1.62. The van der Waals surface area contributed by atoms with Crippen molar-refractivity contribution in [3.05, 3.63) is 66.9 Å². The fourth-order valence-electron chi connectivity index (χ4n) is 6.30. The van der Waals surface area contributed by atoms with Gasteiger partial charge in [0, 0.05) is 54.6 Å². The topological polar surface area (TPSA) is 92.7 Å². The Bertz CT molecular complexity index is 1450. The maximum atomic E-state index is 15.5. The summed E-state index contributed by atoms with van der Waals surface area (Å²) in [4.78, 5) is 13.4. The molecule has 2 aliphatic rings. The van der Waals surface area contributed by atoms with Crippen molar-refractivity contribution in [2.75, 3.05) is 32.9 Å². The van der Waals surface area contributed by atoms with Crippen LogP contribution in [0.1, 0.15) is 31.7 Å². The van der Waals surface area contributed by atoms with Crippen molar-refractivity contribution in [2.45, 2.75) is 49.9 Å². The van der Waals surface area contributed by atoms with E-state index < -0.39 is 5.82 Å². The molecule has 2 aromatic carbocycles. The van der Waals surface area contributed by atoms with Gasteiger partial charge in [0.2, 0.25) is 0 Å². The summed E-state index contributed by atoms with van der Waals surface area (Å²) in [5.41, 5.74) is 8.18. The summed E-state index contributed by atoms with van der Waals surface area (Å²) in [5, 5.41) is 11.2. The average Bonchev–Trinajstić information content (AvgIpc) is 3.51. The van der Waals surface area contributed by atoms with Crippen molar-refractivity contribution in [1.29, 1.82) is 0 Å². The molecule has 8 nitrogen and oxygen atoms in total. The van der Waals surface area contributed by atoms with Gasteiger partial charge < -0.3 is 25.0 Å². The number of β-amino-alcohol motifs (C(OH)–C–C–N with tert-alkyl or cyclic N) is 1. The monoisotopic (exact) mass is 530 g/mol. The number of ether oxygens (including phenoxy) is 1. The molecule has 0 unspecified atom stereocenters. The van der Waals surface area contributed by atoms with E-state index in [4.69, 9.17) is 10.5 Å². The van der Waals surface area contributed by atoms with Crippen LogP contribution in [0.4, 0.5) is 10.2 Å². The molecule has 0 bridgehead atoms. The lowest BCUT2D eigenvalue weighted by Gasteiger charge is -2.35. The number of rotatable bonds is 6. The second-order valence-corrected chi connectivity index (χ2v) is 11.0. The standard InChI is InChI=1S/C30H35FN6O2/c1-35(2)26-16-36(17-27(26)38)19-8-10-20(11-9-19)37-15-24(28-29(32)33-18-34-30(28)37)23-13-12-22(14-25(23)31)39-21-6-4-3-5-7-21/h3-7,12-15,18-20,26-27,38H,8-11,16-17H2,1-2H3,(H2,32,33,34)/t19?,20?,26-,27-/m1/s1. The van der Waals surface area contributed by atoms with E-state index in [2.05, 4.69) is 24.3 Å².